The zero-order chi connectivity index (χ0) is 37.7. The maximum absolute atomic E-state index is 15.4. The van der Waals surface area contributed by atoms with Crippen LogP contribution in [-0.4, -0.2) is 40.0 Å². The predicted octanol–water partition coefficient (Wildman–Crippen LogP) is 9.23. The van der Waals surface area contributed by atoms with Crippen molar-refractivity contribution in [2.75, 3.05) is 6.54 Å². The van der Waals surface area contributed by atoms with Crippen LogP contribution in [0.15, 0.2) is 30.5 Å². The number of hydrogen-bond donors (Lipinski definition) is 3. The van der Waals surface area contributed by atoms with Crippen molar-refractivity contribution in [1.29, 1.82) is 0 Å². The fourth-order valence-electron chi connectivity index (χ4n) is 16.0. The Morgan fingerprint density at radius 2 is 1.54 bits per heavy atom. The van der Waals surface area contributed by atoms with Crippen LogP contribution in [0.25, 0.3) is 11.3 Å². The summed E-state index contributed by atoms with van der Waals surface area (Å²) in [4.78, 5) is 36.1. The number of benzene rings is 1. The van der Waals surface area contributed by atoms with Crippen molar-refractivity contribution in [3.8, 4) is 11.3 Å². The highest BCUT2D eigenvalue weighted by Gasteiger charge is 2.79. The minimum atomic E-state index is -0.472. The standard InChI is InChI=1S/C46H63FN4O3/c1-28(52)54-35-15-18-42(5)34-13-12-32-36-31(39(2)20-21-39)14-19-44(36,24-22-40(32,3)41(34,4)23-25-46(42)43(35,6)27-49-46)38(53)51-45(16-7-17-45)37-48-26-33(50-37)29-8-10-30(47)11-9-29/h8-11,26,31-32,34-36,49H,7,12-25,27H2,1-6H3,(H,48,50)(H,51,53)/t31-,32-,34+,35+,36-,40-,41-,42-,43-,44+,46+/m1/s1. The number of hydrogen-bond acceptors (Lipinski definition) is 5. The van der Waals surface area contributed by atoms with Gasteiger partial charge in [-0.2, -0.15) is 0 Å². The van der Waals surface area contributed by atoms with Gasteiger partial charge >= 0.3 is 5.97 Å². The molecule has 1 spiro atoms. The molecule has 7 aliphatic carbocycles. The summed E-state index contributed by atoms with van der Waals surface area (Å²) < 4.78 is 19.8. The Morgan fingerprint density at radius 3 is 2.19 bits per heavy atom. The lowest BCUT2D eigenvalue weighted by Gasteiger charge is -2.79. The summed E-state index contributed by atoms with van der Waals surface area (Å²) in [6.45, 7) is 15.4. The van der Waals surface area contributed by atoms with Crippen molar-refractivity contribution in [3.63, 3.8) is 0 Å². The van der Waals surface area contributed by atoms with Crippen LogP contribution in [0.1, 0.15) is 144 Å². The van der Waals surface area contributed by atoms with Crippen LogP contribution in [0.2, 0.25) is 0 Å². The van der Waals surface area contributed by atoms with Crippen LogP contribution in [-0.2, 0) is 19.9 Å². The molecule has 292 valence electrons. The average Bonchev–Trinajstić information content (AvgIpc) is 3.48. The highest BCUT2D eigenvalue weighted by atomic mass is 19.1. The number of rotatable bonds is 6. The lowest BCUT2D eigenvalue weighted by molar-refractivity contribution is -0.291. The van der Waals surface area contributed by atoms with E-state index in [4.69, 9.17) is 9.72 Å². The maximum Gasteiger partial charge on any atom is 0.302 e. The van der Waals surface area contributed by atoms with Gasteiger partial charge in [0, 0.05) is 24.4 Å². The zero-order valence-corrected chi connectivity index (χ0v) is 33.6. The Balaban J connectivity index is 0.970. The van der Waals surface area contributed by atoms with Gasteiger partial charge in [0.2, 0.25) is 5.91 Å². The highest BCUT2D eigenvalue weighted by molar-refractivity contribution is 5.85. The molecule has 1 aromatic carbocycles. The normalized spacial score (nSPS) is 46.2. The molecule has 0 unspecified atom stereocenters. The summed E-state index contributed by atoms with van der Waals surface area (Å²) in [5.74, 6) is 2.87. The number of esters is 1. The number of halogens is 1. The number of aromatic amines is 1. The average molecular weight is 739 g/mol. The number of carbonyl (C=O) groups is 2. The molecule has 8 fully saturated rings. The quantitative estimate of drug-likeness (QED) is 0.257. The first kappa shape index (κ1) is 35.7. The third-order valence-electron chi connectivity index (χ3n) is 19.7. The zero-order valence-electron chi connectivity index (χ0n) is 33.6. The van der Waals surface area contributed by atoms with E-state index in [1.165, 1.54) is 50.7 Å². The van der Waals surface area contributed by atoms with E-state index < -0.39 is 5.54 Å². The number of nitrogens with zero attached hydrogens (tertiary/aromatic N) is 1. The van der Waals surface area contributed by atoms with Crippen molar-refractivity contribution in [2.45, 2.75) is 155 Å². The van der Waals surface area contributed by atoms with Gasteiger partial charge in [-0.1, -0.05) is 34.6 Å². The van der Waals surface area contributed by atoms with Gasteiger partial charge in [-0.05, 0) is 171 Å². The number of nitrogens with one attached hydrogen (secondary N) is 3. The van der Waals surface area contributed by atoms with Gasteiger partial charge < -0.3 is 20.4 Å². The smallest absolute Gasteiger partial charge is 0.302 e. The van der Waals surface area contributed by atoms with Gasteiger partial charge in [0.15, 0.2) is 0 Å². The van der Waals surface area contributed by atoms with Gasteiger partial charge in [0.1, 0.15) is 17.7 Å². The summed E-state index contributed by atoms with van der Waals surface area (Å²) in [7, 11) is 0. The molecule has 7 saturated carbocycles. The lowest BCUT2D eigenvalue weighted by Crippen LogP contribution is -2.87. The molecule has 0 bridgehead atoms. The molecule has 2 aromatic rings. The molecule has 0 radical (unpaired) electrons. The van der Waals surface area contributed by atoms with Crippen molar-refractivity contribution >= 4 is 11.9 Å². The third-order valence-corrected chi connectivity index (χ3v) is 19.7. The Morgan fingerprint density at radius 1 is 0.796 bits per heavy atom. The van der Waals surface area contributed by atoms with Crippen LogP contribution in [0.3, 0.4) is 0 Å². The Bertz CT molecular complexity index is 1890. The number of amides is 1. The van der Waals surface area contributed by atoms with Gasteiger partial charge in [-0.25, -0.2) is 9.37 Å². The molecule has 11 atom stereocenters. The second kappa shape index (κ2) is 11.2. The molecular weight excluding hydrogens is 676 g/mol. The summed E-state index contributed by atoms with van der Waals surface area (Å²) in [6.07, 6.45) is 18.4. The first-order valence-corrected chi connectivity index (χ1v) is 21.7. The molecule has 1 aliphatic heterocycles. The molecule has 3 N–H and O–H groups in total. The fourth-order valence-corrected chi connectivity index (χ4v) is 16.0. The first-order valence-electron chi connectivity index (χ1n) is 21.7. The second-order valence-corrected chi connectivity index (χ2v) is 21.3. The van der Waals surface area contributed by atoms with Crippen LogP contribution in [0.5, 0.6) is 0 Å². The van der Waals surface area contributed by atoms with E-state index in [-0.39, 0.29) is 50.5 Å². The van der Waals surface area contributed by atoms with Gasteiger partial charge in [-0.3, -0.25) is 9.59 Å². The Kier molecular flexibility index (Phi) is 7.41. The van der Waals surface area contributed by atoms with E-state index in [2.05, 4.69) is 50.2 Å². The topological polar surface area (TPSA) is 96.1 Å². The fraction of sp³-hybridized carbons (Fsp3) is 0.761. The minimum Gasteiger partial charge on any atom is -0.462 e. The molecule has 7 nitrogen and oxygen atoms in total. The van der Waals surface area contributed by atoms with Crippen molar-refractivity contribution in [2.24, 2.45) is 56.2 Å². The summed E-state index contributed by atoms with van der Waals surface area (Å²) in [5, 5.41) is 7.83. The molecular formula is C46H63FN4O3. The van der Waals surface area contributed by atoms with E-state index in [1.807, 2.05) is 6.20 Å². The largest absolute Gasteiger partial charge is 0.462 e. The van der Waals surface area contributed by atoms with E-state index >= 15 is 4.79 Å². The van der Waals surface area contributed by atoms with E-state index in [1.54, 1.807) is 19.1 Å². The molecule has 10 rings (SSSR count). The van der Waals surface area contributed by atoms with Gasteiger partial charge in [-0.15, -0.1) is 0 Å². The van der Waals surface area contributed by atoms with E-state index in [9.17, 15) is 9.18 Å². The Hall–Kier alpha value is -2.74. The van der Waals surface area contributed by atoms with Crippen LogP contribution < -0.4 is 10.6 Å². The number of carbonyl (C=O) groups excluding carboxylic acids is 2. The van der Waals surface area contributed by atoms with E-state index in [0.717, 1.165) is 81.4 Å². The van der Waals surface area contributed by atoms with Gasteiger partial charge in [0.25, 0.3) is 0 Å². The minimum absolute atomic E-state index is 0.000935. The summed E-state index contributed by atoms with van der Waals surface area (Å²) in [6, 6.07) is 6.55. The SMILES string of the molecule is CC(=O)O[C@H]1CC[C@]2(C)[C@H]3CC[C@@H]4[C@H]5[C@H](C6(C)CC6)CC[C@]5(C(=O)NC5(c6ncc(-c7ccc(F)cc7)[nH]6)CCC5)CC[C@@]4(C)[C@]3(C)CC[C@]23NC[C@]13C. The molecule has 1 amide bonds. The van der Waals surface area contributed by atoms with Crippen molar-refractivity contribution < 1.29 is 18.7 Å². The van der Waals surface area contributed by atoms with Crippen LogP contribution in [0, 0.1) is 62.0 Å². The van der Waals surface area contributed by atoms with Gasteiger partial charge in [0.05, 0.1) is 22.8 Å². The van der Waals surface area contributed by atoms with Crippen LogP contribution in [0.4, 0.5) is 4.39 Å². The number of imidazole rings is 1. The summed E-state index contributed by atoms with van der Waals surface area (Å²) >= 11 is 0. The molecule has 54 heavy (non-hydrogen) atoms. The number of H-pyrrole nitrogens is 1. The van der Waals surface area contributed by atoms with Crippen LogP contribution >= 0.6 is 0 Å². The van der Waals surface area contributed by atoms with Crippen molar-refractivity contribution in [1.82, 2.24) is 20.6 Å². The van der Waals surface area contributed by atoms with Crippen molar-refractivity contribution in [3.05, 3.63) is 42.1 Å². The maximum atomic E-state index is 15.4. The molecule has 1 saturated heterocycles. The third kappa shape index (κ3) is 4.30. The molecule has 8 aliphatic rings. The number of aromatic nitrogens is 2. The molecule has 1 aromatic heterocycles. The first-order chi connectivity index (χ1) is 25.6. The Labute approximate surface area is 321 Å². The van der Waals surface area contributed by atoms with E-state index in [0.29, 0.717) is 35.0 Å². The highest BCUT2D eigenvalue weighted by Crippen LogP contribution is 2.80. The second-order valence-electron chi connectivity index (χ2n) is 21.3. The summed E-state index contributed by atoms with van der Waals surface area (Å²) in [5.41, 5.74) is 1.76. The number of ether oxygens (including phenoxy) is 1. The lowest BCUT2D eigenvalue weighted by atomic mass is 9.29. The monoisotopic (exact) mass is 738 g/mol. The molecule has 2 heterocycles. The molecule has 8 heteroatoms. The number of fused-ring (bicyclic) bond motifs is 6. The predicted molar refractivity (Wildman–Crippen MR) is 206 cm³/mol.